The van der Waals surface area contributed by atoms with E-state index in [0.29, 0.717) is 11.8 Å². The molecular formula is C11H19B. The molecule has 0 aliphatic carbocycles. The van der Waals surface area contributed by atoms with Gasteiger partial charge in [0.25, 0.3) is 0 Å². The van der Waals surface area contributed by atoms with Crippen LogP contribution >= 0.6 is 0 Å². The van der Waals surface area contributed by atoms with Gasteiger partial charge >= 0.3 is 0 Å². The standard InChI is InChI=1S/C11H19B/c1-5-10(3)11(4)7-6-9(2)8-12/h6-7,9,11H,3,5,8H2,1-2,4H3/b7-6-. The van der Waals surface area contributed by atoms with E-state index in [1.54, 1.807) is 0 Å². The molecule has 0 nitrogen and oxygen atoms in total. The van der Waals surface area contributed by atoms with Crippen LogP contribution in [0.3, 0.4) is 0 Å². The van der Waals surface area contributed by atoms with Crippen LogP contribution in [0.2, 0.25) is 6.32 Å². The third-order valence-electron chi connectivity index (χ3n) is 2.20. The maximum Gasteiger partial charge on any atom is 0.0660 e. The topological polar surface area (TPSA) is 0 Å². The Balaban J connectivity index is 3.90. The minimum absolute atomic E-state index is 0.483. The van der Waals surface area contributed by atoms with E-state index < -0.39 is 0 Å². The fraction of sp³-hybridized carbons (Fsp3) is 0.636. The van der Waals surface area contributed by atoms with Crippen LogP contribution in [0, 0.1) is 11.8 Å². The summed E-state index contributed by atoms with van der Waals surface area (Å²) in [6, 6.07) is 0. The molecule has 0 aromatic heterocycles. The molecule has 1 heteroatoms. The van der Waals surface area contributed by atoms with E-state index in [4.69, 9.17) is 7.85 Å². The summed E-state index contributed by atoms with van der Waals surface area (Å²) in [6.45, 7) is 10.4. The fourth-order valence-corrected chi connectivity index (χ4v) is 0.893. The molecule has 0 rings (SSSR count). The highest BCUT2D eigenvalue weighted by atomic mass is 14.0. The first-order valence-electron chi connectivity index (χ1n) is 4.67. The SMILES string of the molecule is [B]CC(C)/C=C\C(C)C(=C)CC. The van der Waals surface area contributed by atoms with Gasteiger partial charge in [-0.15, -0.1) is 0 Å². The van der Waals surface area contributed by atoms with Gasteiger partial charge in [-0.2, -0.15) is 0 Å². The molecule has 2 radical (unpaired) electrons. The molecule has 0 aromatic carbocycles. The van der Waals surface area contributed by atoms with Gasteiger partial charge in [0.1, 0.15) is 0 Å². The molecule has 0 spiro atoms. The highest BCUT2D eigenvalue weighted by molar-refractivity contribution is 6.08. The Labute approximate surface area is 78.2 Å². The van der Waals surface area contributed by atoms with Crippen molar-refractivity contribution in [2.24, 2.45) is 11.8 Å². The molecule has 0 aliphatic heterocycles. The average molecular weight is 162 g/mol. The second-order valence-electron chi connectivity index (χ2n) is 3.40. The van der Waals surface area contributed by atoms with Crippen molar-refractivity contribution >= 4 is 7.85 Å². The molecule has 0 saturated heterocycles. The van der Waals surface area contributed by atoms with Crippen molar-refractivity contribution in [3.63, 3.8) is 0 Å². The fourth-order valence-electron chi connectivity index (χ4n) is 0.893. The largest absolute Gasteiger partial charge is 0.0993 e. The summed E-state index contributed by atoms with van der Waals surface area (Å²) in [4.78, 5) is 0. The molecule has 0 N–H and O–H groups in total. The molecule has 0 aromatic rings. The van der Waals surface area contributed by atoms with Gasteiger partial charge < -0.3 is 0 Å². The van der Waals surface area contributed by atoms with Gasteiger partial charge in [0.2, 0.25) is 0 Å². The molecule has 0 fully saturated rings. The third kappa shape index (κ3) is 4.43. The van der Waals surface area contributed by atoms with Gasteiger partial charge in [0.05, 0.1) is 7.85 Å². The molecule has 0 amide bonds. The monoisotopic (exact) mass is 162 g/mol. The quantitative estimate of drug-likeness (QED) is 0.429. The second kappa shape index (κ2) is 6.10. The lowest BCUT2D eigenvalue weighted by molar-refractivity contribution is 0.775. The van der Waals surface area contributed by atoms with Gasteiger partial charge in [0, 0.05) is 0 Å². The van der Waals surface area contributed by atoms with Crippen LogP contribution in [0.15, 0.2) is 24.3 Å². The zero-order valence-corrected chi connectivity index (χ0v) is 8.51. The molecule has 12 heavy (non-hydrogen) atoms. The Bertz CT molecular complexity index is 158. The number of rotatable bonds is 5. The lowest BCUT2D eigenvalue weighted by Gasteiger charge is -2.08. The normalized spacial score (nSPS) is 16.2. The predicted octanol–water partition coefficient (Wildman–Crippen LogP) is 3.37. The summed E-state index contributed by atoms with van der Waals surface area (Å²) in [7, 11) is 5.49. The van der Waals surface area contributed by atoms with E-state index in [1.165, 1.54) is 5.57 Å². The molecule has 0 saturated carbocycles. The van der Waals surface area contributed by atoms with Gasteiger partial charge in [-0.05, 0) is 18.3 Å². The Morgan fingerprint density at radius 1 is 1.42 bits per heavy atom. The van der Waals surface area contributed by atoms with Crippen molar-refractivity contribution in [2.45, 2.75) is 33.5 Å². The maximum atomic E-state index is 5.49. The molecule has 0 aliphatic rings. The van der Waals surface area contributed by atoms with E-state index in [-0.39, 0.29) is 0 Å². The Morgan fingerprint density at radius 3 is 2.42 bits per heavy atom. The smallest absolute Gasteiger partial charge is 0.0660 e. The summed E-state index contributed by atoms with van der Waals surface area (Å²) >= 11 is 0. The first-order valence-corrected chi connectivity index (χ1v) is 4.67. The Morgan fingerprint density at radius 2 is 2.00 bits per heavy atom. The van der Waals surface area contributed by atoms with Crippen LogP contribution in [0.1, 0.15) is 27.2 Å². The van der Waals surface area contributed by atoms with Crippen molar-refractivity contribution in [1.82, 2.24) is 0 Å². The molecule has 0 bridgehead atoms. The summed E-state index contributed by atoms with van der Waals surface area (Å²) in [5.41, 5.74) is 1.29. The van der Waals surface area contributed by atoms with Crippen LogP contribution in [0.4, 0.5) is 0 Å². The lowest BCUT2D eigenvalue weighted by atomic mass is 9.90. The first-order chi connectivity index (χ1) is 5.61. The lowest BCUT2D eigenvalue weighted by Crippen LogP contribution is -1.94. The molecule has 66 valence electrons. The molecule has 2 unspecified atom stereocenters. The Hall–Kier alpha value is -0.455. The number of hydrogen-bond acceptors (Lipinski definition) is 0. The molecule has 0 heterocycles. The second-order valence-corrected chi connectivity index (χ2v) is 3.40. The average Bonchev–Trinajstić information content (AvgIpc) is 2.11. The van der Waals surface area contributed by atoms with E-state index >= 15 is 0 Å². The van der Waals surface area contributed by atoms with Crippen molar-refractivity contribution in [3.05, 3.63) is 24.3 Å². The summed E-state index contributed by atoms with van der Waals surface area (Å²) in [5.74, 6) is 0.973. The summed E-state index contributed by atoms with van der Waals surface area (Å²) < 4.78 is 0. The summed E-state index contributed by atoms with van der Waals surface area (Å²) in [6.07, 6.45) is 6.15. The van der Waals surface area contributed by atoms with Crippen molar-refractivity contribution in [3.8, 4) is 0 Å². The van der Waals surface area contributed by atoms with E-state index in [1.807, 2.05) is 0 Å². The zero-order chi connectivity index (χ0) is 9.56. The van der Waals surface area contributed by atoms with Crippen LogP contribution in [-0.4, -0.2) is 7.85 Å². The number of hydrogen-bond donors (Lipinski definition) is 0. The minimum Gasteiger partial charge on any atom is -0.0993 e. The van der Waals surface area contributed by atoms with Crippen LogP contribution in [-0.2, 0) is 0 Å². The van der Waals surface area contributed by atoms with Gasteiger partial charge in [-0.1, -0.05) is 51.4 Å². The van der Waals surface area contributed by atoms with Crippen molar-refractivity contribution in [2.75, 3.05) is 0 Å². The highest BCUT2D eigenvalue weighted by Gasteiger charge is 1.99. The van der Waals surface area contributed by atoms with Crippen LogP contribution in [0.25, 0.3) is 0 Å². The number of allylic oxidation sites excluding steroid dienone is 3. The van der Waals surface area contributed by atoms with Crippen molar-refractivity contribution < 1.29 is 0 Å². The maximum absolute atomic E-state index is 5.49. The van der Waals surface area contributed by atoms with Gasteiger partial charge in [0.15, 0.2) is 0 Å². The van der Waals surface area contributed by atoms with Gasteiger partial charge in [-0.3, -0.25) is 0 Å². The third-order valence-corrected chi connectivity index (χ3v) is 2.20. The summed E-state index contributed by atoms with van der Waals surface area (Å²) in [5, 5.41) is 0. The van der Waals surface area contributed by atoms with Crippen LogP contribution < -0.4 is 0 Å². The molecular weight excluding hydrogens is 143 g/mol. The predicted molar refractivity (Wildman–Crippen MR) is 57.5 cm³/mol. The Kier molecular flexibility index (Phi) is 5.87. The minimum atomic E-state index is 0.483. The van der Waals surface area contributed by atoms with Gasteiger partial charge in [-0.25, -0.2) is 0 Å². The highest BCUT2D eigenvalue weighted by Crippen LogP contribution is 2.14. The van der Waals surface area contributed by atoms with Crippen LogP contribution in [0.5, 0.6) is 0 Å². The first kappa shape index (κ1) is 11.5. The van der Waals surface area contributed by atoms with E-state index in [2.05, 4.69) is 39.5 Å². The molecule has 2 atom stereocenters. The zero-order valence-electron chi connectivity index (χ0n) is 8.51. The van der Waals surface area contributed by atoms with Crippen molar-refractivity contribution in [1.29, 1.82) is 0 Å². The van der Waals surface area contributed by atoms with E-state index in [9.17, 15) is 0 Å². The van der Waals surface area contributed by atoms with E-state index in [0.717, 1.165) is 12.7 Å².